The van der Waals surface area contributed by atoms with E-state index in [9.17, 15) is 10.1 Å². The number of amides is 1. The standard InChI is InChI=1S/C19H22ClN3OS2/c1-2-23(12-13-7-8-17(20)25-13)10-9-18(24)22-19-15(11-21)14-5-3-4-6-16(14)26-19/h7-8H,2-6,9-10,12H2,1H3,(H,22,24). The number of halogens is 1. The van der Waals surface area contributed by atoms with Gasteiger partial charge in [0.25, 0.3) is 0 Å². The fourth-order valence-electron chi connectivity index (χ4n) is 3.23. The van der Waals surface area contributed by atoms with Crippen molar-refractivity contribution >= 4 is 45.2 Å². The van der Waals surface area contributed by atoms with Gasteiger partial charge in [-0.15, -0.1) is 22.7 Å². The lowest BCUT2D eigenvalue weighted by molar-refractivity contribution is -0.116. The molecule has 0 spiro atoms. The van der Waals surface area contributed by atoms with Gasteiger partial charge in [-0.3, -0.25) is 9.69 Å². The molecule has 1 N–H and O–H groups in total. The van der Waals surface area contributed by atoms with Crippen molar-refractivity contribution in [2.45, 2.75) is 45.6 Å². The average Bonchev–Trinajstić information content (AvgIpc) is 3.20. The van der Waals surface area contributed by atoms with Crippen molar-refractivity contribution in [2.75, 3.05) is 18.4 Å². The first-order valence-electron chi connectivity index (χ1n) is 8.91. The van der Waals surface area contributed by atoms with E-state index in [-0.39, 0.29) is 5.91 Å². The summed E-state index contributed by atoms with van der Waals surface area (Å²) in [6.07, 6.45) is 4.70. The summed E-state index contributed by atoms with van der Waals surface area (Å²) in [5.41, 5.74) is 1.84. The largest absolute Gasteiger partial charge is 0.317 e. The maximum Gasteiger partial charge on any atom is 0.226 e. The van der Waals surface area contributed by atoms with Crippen LogP contribution < -0.4 is 5.32 Å². The summed E-state index contributed by atoms with van der Waals surface area (Å²) >= 11 is 9.14. The second-order valence-electron chi connectivity index (χ2n) is 6.40. The van der Waals surface area contributed by atoms with Crippen LogP contribution in [0.2, 0.25) is 4.34 Å². The van der Waals surface area contributed by atoms with Crippen molar-refractivity contribution in [2.24, 2.45) is 0 Å². The summed E-state index contributed by atoms with van der Waals surface area (Å²) in [4.78, 5) is 17.1. The first-order valence-corrected chi connectivity index (χ1v) is 10.9. The highest BCUT2D eigenvalue weighted by Gasteiger charge is 2.21. The van der Waals surface area contributed by atoms with E-state index in [0.29, 0.717) is 18.5 Å². The van der Waals surface area contributed by atoms with Gasteiger partial charge in [0.1, 0.15) is 11.1 Å². The molecule has 0 radical (unpaired) electrons. The van der Waals surface area contributed by atoms with Crippen LogP contribution in [0.3, 0.4) is 0 Å². The quantitative estimate of drug-likeness (QED) is 0.697. The molecule has 0 fully saturated rings. The second-order valence-corrected chi connectivity index (χ2v) is 9.30. The van der Waals surface area contributed by atoms with Crippen LogP contribution in [-0.4, -0.2) is 23.9 Å². The van der Waals surface area contributed by atoms with Gasteiger partial charge in [0.05, 0.1) is 9.90 Å². The highest BCUT2D eigenvalue weighted by molar-refractivity contribution is 7.16. The normalized spacial score (nSPS) is 13.5. The molecule has 1 aliphatic carbocycles. The number of nitrogens with one attached hydrogen (secondary N) is 1. The summed E-state index contributed by atoms with van der Waals surface area (Å²) in [5.74, 6) is -0.0252. The molecule has 0 aliphatic heterocycles. The van der Waals surface area contributed by atoms with Gasteiger partial charge in [-0.2, -0.15) is 5.26 Å². The van der Waals surface area contributed by atoms with Gasteiger partial charge in [-0.1, -0.05) is 18.5 Å². The van der Waals surface area contributed by atoms with E-state index < -0.39 is 0 Å². The molecule has 1 amide bonds. The summed E-state index contributed by atoms with van der Waals surface area (Å²) in [6, 6.07) is 6.23. The lowest BCUT2D eigenvalue weighted by Gasteiger charge is -2.19. The van der Waals surface area contributed by atoms with Crippen LogP contribution in [0.4, 0.5) is 5.00 Å². The Morgan fingerprint density at radius 1 is 1.35 bits per heavy atom. The molecule has 2 heterocycles. The third-order valence-electron chi connectivity index (χ3n) is 4.65. The number of nitriles is 1. The van der Waals surface area contributed by atoms with Gasteiger partial charge in [-0.25, -0.2) is 0 Å². The first kappa shape index (κ1) is 19.4. The van der Waals surface area contributed by atoms with Crippen LogP contribution in [0, 0.1) is 11.3 Å². The van der Waals surface area contributed by atoms with E-state index in [4.69, 9.17) is 11.6 Å². The summed E-state index contributed by atoms with van der Waals surface area (Å²) in [5, 5.41) is 13.2. The molecular weight excluding hydrogens is 386 g/mol. The predicted octanol–water partition coefficient (Wildman–Crippen LogP) is 5.06. The van der Waals surface area contributed by atoms with Gasteiger partial charge < -0.3 is 5.32 Å². The SMILES string of the molecule is CCN(CCC(=O)Nc1sc2c(c1C#N)CCCC2)Cc1ccc(Cl)s1. The highest BCUT2D eigenvalue weighted by atomic mass is 35.5. The van der Waals surface area contributed by atoms with E-state index in [1.165, 1.54) is 16.2 Å². The number of carbonyl (C=O) groups is 1. The van der Waals surface area contributed by atoms with Crippen molar-refractivity contribution in [1.82, 2.24) is 4.90 Å². The van der Waals surface area contributed by atoms with Crippen molar-refractivity contribution in [1.29, 1.82) is 5.26 Å². The molecule has 1 aliphatic rings. The van der Waals surface area contributed by atoms with Crippen LogP contribution in [-0.2, 0) is 24.2 Å². The number of aryl methyl sites for hydroxylation is 1. The Morgan fingerprint density at radius 2 is 2.15 bits per heavy atom. The Kier molecular flexibility index (Phi) is 6.71. The number of hydrogen-bond acceptors (Lipinski definition) is 5. The summed E-state index contributed by atoms with van der Waals surface area (Å²) in [7, 11) is 0. The Hall–Kier alpha value is -1.39. The smallest absolute Gasteiger partial charge is 0.226 e. The third-order valence-corrected chi connectivity index (χ3v) is 7.07. The van der Waals surface area contributed by atoms with Crippen LogP contribution in [0.5, 0.6) is 0 Å². The zero-order valence-electron chi connectivity index (χ0n) is 14.8. The number of fused-ring (bicyclic) bond motifs is 1. The van der Waals surface area contributed by atoms with Gasteiger partial charge in [0, 0.05) is 29.3 Å². The Balaban J connectivity index is 1.57. The lowest BCUT2D eigenvalue weighted by Crippen LogP contribution is -2.27. The molecule has 0 bridgehead atoms. The van der Waals surface area contributed by atoms with Crippen LogP contribution in [0.25, 0.3) is 0 Å². The number of carbonyl (C=O) groups excluding carboxylic acids is 1. The van der Waals surface area contributed by atoms with Crippen molar-refractivity contribution in [3.05, 3.63) is 37.4 Å². The summed E-state index contributed by atoms with van der Waals surface area (Å²) < 4.78 is 0.791. The first-order chi connectivity index (χ1) is 12.6. The monoisotopic (exact) mass is 407 g/mol. The molecular formula is C19H22ClN3OS2. The number of rotatable bonds is 7. The lowest BCUT2D eigenvalue weighted by atomic mass is 9.96. The Morgan fingerprint density at radius 3 is 2.85 bits per heavy atom. The number of nitrogens with zero attached hydrogens (tertiary/aromatic N) is 2. The maximum atomic E-state index is 12.4. The van der Waals surface area contributed by atoms with E-state index in [0.717, 1.165) is 47.3 Å². The zero-order valence-corrected chi connectivity index (χ0v) is 17.2. The minimum Gasteiger partial charge on any atom is -0.317 e. The number of anilines is 1. The fraction of sp³-hybridized carbons (Fsp3) is 0.474. The molecule has 0 atom stereocenters. The van der Waals surface area contributed by atoms with Crippen molar-refractivity contribution in [3.63, 3.8) is 0 Å². The number of hydrogen-bond donors (Lipinski definition) is 1. The minimum atomic E-state index is -0.0252. The average molecular weight is 408 g/mol. The van der Waals surface area contributed by atoms with E-state index in [2.05, 4.69) is 23.2 Å². The molecule has 26 heavy (non-hydrogen) atoms. The second kappa shape index (κ2) is 9.01. The van der Waals surface area contributed by atoms with Crippen molar-refractivity contribution in [3.8, 4) is 6.07 Å². The Bertz CT molecular complexity index is 821. The van der Waals surface area contributed by atoms with Crippen LogP contribution >= 0.6 is 34.3 Å². The zero-order chi connectivity index (χ0) is 18.5. The third kappa shape index (κ3) is 4.66. The van der Waals surface area contributed by atoms with E-state index >= 15 is 0 Å². The maximum absolute atomic E-state index is 12.4. The van der Waals surface area contributed by atoms with Crippen molar-refractivity contribution < 1.29 is 4.79 Å². The molecule has 138 valence electrons. The molecule has 2 aromatic heterocycles. The van der Waals surface area contributed by atoms with Gasteiger partial charge >= 0.3 is 0 Å². The highest BCUT2D eigenvalue weighted by Crippen LogP contribution is 2.37. The van der Waals surface area contributed by atoms with Crippen LogP contribution in [0.1, 0.15) is 47.1 Å². The fourth-order valence-corrected chi connectivity index (χ4v) is 5.61. The number of thiophene rings is 2. The molecule has 7 heteroatoms. The molecule has 2 aromatic rings. The molecule has 0 unspecified atom stereocenters. The van der Waals surface area contributed by atoms with Gasteiger partial charge in [0.2, 0.25) is 5.91 Å². The van der Waals surface area contributed by atoms with Crippen LogP contribution in [0.15, 0.2) is 12.1 Å². The van der Waals surface area contributed by atoms with E-state index in [1.54, 1.807) is 22.7 Å². The predicted molar refractivity (Wildman–Crippen MR) is 109 cm³/mol. The Labute approximate surface area is 167 Å². The van der Waals surface area contributed by atoms with Gasteiger partial charge in [-0.05, 0) is 49.9 Å². The van der Waals surface area contributed by atoms with E-state index in [1.807, 2.05) is 12.1 Å². The molecule has 0 saturated heterocycles. The molecule has 4 nitrogen and oxygen atoms in total. The summed E-state index contributed by atoms with van der Waals surface area (Å²) in [6.45, 7) is 4.45. The topological polar surface area (TPSA) is 56.1 Å². The molecule has 3 rings (SSSR count). The minimum absolute atomic E-state index is 0.0252. The molecule has 0 saturated carbocycles. The molecule has 0 aromatic carbocycles. The van der Waals surface area contributed by atoms with Gasteiger partial charge in [0.15, 0.2) is 0 Å².